The maximum Gasteiger partial charge on any atom is 0.124 e. The van der Waals surface area contributed by atoms with Crippen LogP contribution in [-0.4, -0.2) is 6.10 Å². The zero-order chi connectivity index (χ0) is 12.1. The molecule has 0 atom stereocenters. The molecule has 0 aliphatic heterocycles. The molecule has 0 radical (unpaired) electrons. The first-order valence-corrected chi connectivity index (χ1v) is 6.76. The second kappa shape index (κ2) is 6.06. The Labute approximate surface area is 104 Å². The lowest BCUT2D eigenvalue weighted by atomic mass is 10.1. The molecular weight excluding hydrogens is 210 g/mol. The molecule has 1 aliphatic rings. The molecule has 2 heteroatoms. The summed E-state index contributed by atoms with van der Waals surface area (Å²) in [6.45, 7) is 2.66. The number of hydrogen-bond acceptors (Lipinski definition) is 2. The van der Waals surface area contributed by atoms with Gasteiger partial charge in [-0.1, -0.05) is 25.0 Å². The van der Waals surface area contributed by atoms with Crippen molar-refractivity contribution in [2.75, 3.05) is 0 Å². The monoisotopic (exact) mass is 233 g/mol. The van der Waals surface area contributed by atoms with Gasteiger partial charge in [0.2, 0.25) is 0 Å². The average Bonchev–Trinajstić information content (AvgIpc) is 2.58. The van der Waals surface area contributed by atoms with E-state index in [-0.39, 0.29) is 0 Å². The highest BCUT2D eigenvalue weighted by Crippen LogP contribution is 2.26. The van der Waals surface area contributed by atoms with Crippen LogP contribution >= 0.6 is 0 Å². The predicted octanol–water partition coefficient (Wildman–Crippen LogP) is 3.56. The molecule has 1 aromatic carbocycles. The lowest BCUT2D eigenvalue weighted by Gasteiger charge is -2.19. The van der Waals surface area contributed by atoms with Crippen LogP contribution in [-0.2, 0) is 6.54 Å². The summed E-state index contributed by atoms with van der Waals surface area (Å²) in [5.41, 5.74) is 8.12. The fraction of sp³-hybridized carbons (Fsp3) is 0.600. The van der Waals surface area contributed by atoms with Gasteiger partial charge in [-0.2, -0.15) is 0 Å². The molecule has 2 nitrogen and oxygen atoms in total. The zero-order valence-electron chi connectivity index (χ0n) is 10.7. The van der Waals surface area contributed by atoms with E-state index in [9.17, 15) is 0 Å². The van der Waals surface area contributed by atoms with Crippen molar-refractivity contribution in [1.29, 1.82) is 0 Å². The Balaban J connectivity index is 2.07. The smallest absolute Gasteiger partial charge is 0.124 e. The second-order valence-corrected chi connectivity index (χ2v) is 5.05. The molecule has 0 heterocycles. The molecule has 17 heavy (non-hydrogen) atoms. The van der Waals surface area contributed by atoms with Crippen molar-refractivity contribution < 1.29 is 4.74 Å². The van der Waals surface area contributed by atoms with Crippen molar-refractivity contribution in [3.63, 3.8) is 0 Å². The maximum atomic E-state index is 6.16. The van der Waals surface area contributed by atoms with E-state index < -0.39 is 0 Å². The standard InChI is InChI=1S/C15H23NO/c1-12-8-9-13(11-16)15(10-12)17-14-6-4-2-3-5-7-14/h8-10,14H,2-7,11,16H2,1H3. The van der Waals surface area contributed by atoms with Gasteiger partial charge in [-0.15, -0.1) is 0 Å². The predicted molar refractivity (Wildman–Crippen MR) is 71.2 cm³/mol. The van der Waals surface area contributed by atoms with Gasteiger partial charge < -0.3 is 10.5 Å². The summed E-state index contributed by atoms with van der Waals surface area (Å²) in [6, 6.07) is 6.30. The van der Waals surface area contributed by atoms with E-state index in [1.165, 1.54) is 44.1 Å². The van der Waals surface area contributed by atoms with Gasteiger partial charge >= 0.3 is 0 Å². The van der Waals surface area contributed by atoms with Crippen LogP contribution in [0.1, 0.15) is 49.7 Å². The Morgan fingerprint density at radius 1 is 1.18 bits per heavy atom. The molecule has 2 N–H and O–H groups in total. The molecule has 1 saturated carbocycles. The molecule has 1 fully saturated rings. The highest BCUT2D eigenvalue weighted by Gasteiger charge is 2.15. The van der Waals surface area contributed by atoms with Crippen LogP contribution in [0.15, 0.2) is 18.2 Å². The van der Waals surface area contributed by atoms with E-state index in [1.54, 1.807) is 0 Å². The Morgan fingerprint density at radius 3 is 2.53 bits per heavy atom. The van der Waals surface area contributed by atoms with E-state index in [4.69, 9.17) is 10.5 Å². The molecule has 94 valence electrons. The van der Waals surface area contributed by atoms with Gasteiger partial charge in [-0.25, -0.2) is 0 Å². The Kier molecular flexibility index (Phi) is 4.43. The van der Waals surface area contributed by atoms with Crippen molar-refractivity contribution in [3.05, 3.63) is 29.3 Å². The number of nitrogens with two attached hydrogens (primary N) is 1. The van der Waals surface area contributed by atoms with Crippen LogP contribution in [0.4, 0.5) is 0 Å². The summed E-state index contributed by atoms with van der Waals surface area (Å²) < 4.78 is 6.16. The van der Waals surface area contributed by atoms with E-state index in [1.807, 2.05) is 0 Å². The molecule has 1 aromatic rings. The largest absolute Gasteiger partial charge is 0.490 e. The van der Waals surface area contributed by atoms with Crippen molar-refractivity contribution in [3.8, 4) is 5.75 Å². The first-order chi connectivity index (χ1) is 8.29. The summed E-state index contributed by atoms with van der Waals surface area (Å²) in [5, 5.41) is 0. The lowest BCUT2D eigenvalue weighted by Crippen LogP contribution is -2.16. The van der Waals surface area contributed by atoms with Crippen molar-refractivity contribution in [2.45, 2.75) is 58.1 Å². The van der Waals surface area contributed by atoms with Crippen molar-refractivity contribution >= 4 is 0 Å². The first-order valence-electron chi connectivity index (χ1n) is 6.76. The van der Waals surface area contributed by atoms with Crippen LogP contribution < -0.4 is 10.5 Å². The summed E-state index contributed by atoms with van der Waals surface area (Å²) in [5.74, 6) is 0.999. The quantitative estimate of drug-likeness (QED) is 0.810. The number of rotatable bonds is 3. The third kappa shape index (κ3) is 3.47. The van der Waals surface area contributed by atoms with Crippen LogP contribution in [0.5, 0.6) is 5.75 Å². The van der Waals surface area contributed by atoms with Gasteiger partial charge in [0.1, 0.15) is 5.75 Å². The Bertz CT molecular complexity index is 354. The molecule has 0 saturated heterocycles. The third-order valence-electron chi connectivity index (χ3n) is 3.54. The Morgan fingerprint density at radius 2 is 1.88 bits per heavy atom. The molecule has 2 rings (SSSR count). The van der Waals surface area contributed by atoms with Gasteiger partial charge in [-0.05, 0) is 44.2 Å². The minimum absolute atomic E-state index is 0.393. The van der Waals surface area contributed by atoms with Gasteiger partial charge in [-0.3, -0.25) is 0 Å². The fourth-order valence-corrected chi connectivity index (χ4v) is 2.48. The van der Waals surface area contributed by atoms with E-state index in [2.05, 4.69) is 25.1 Å². The topological polar surface area (TPSA) is 35.2 Å². The second-order valence-electron chi connectivity index (χ2n) is 5.05. The normalized spacial score (nSPS) is 17.8. The van der Waals surface area contributed by atoms with E-state index in [0.717, 1.165) is 11.3 Å². The SMILES string of the molecule is Cc1ccc(CN)c(OC2CCCCCC2)c1. The first kappa shape index (κ1) is 12.4. The Hall–Kier alpha value is -1.02. The molecule has 0 bridgehead atoms. The number of benzene rings is 1. The van der Waals surface area contributed by atoms with Gasteiger partial charge in [0.15, 0.2) is 0 Å². The van der Waals surface area contributed by atoms with Gasteiger partial charge in [0, 0.05) is 12.1 Å². The lowest BCUT2D eigenvalue weighted by molar-refractivity contribution is 0.182. The molecule has 0 unspecified atom stereocenters. The van der Waals surface area contributed by atoms with Crippen LogP contribution in [0, 0.1) is 6.92 Å². The van der Waals surface area contributed by atoms with Gasteiger partial charge in [0.05, 0.1) is 6.10 Å². The molecule has 0 aromatic heterocycles. The van der Waals surface area contributed by atoms with Crippen LogP contribution in [0.2, 0.25) is 0 Å². The summed E-state index contributed by atoms with van der Waals surface area (Å²) in [6.07, 6.45) is 8.10. The minimum atomic E-state index is 0.393. The zero-order valence-corrected chi connectivity index (χ0v) is 10.7. The minimum Gasteiger partial charge on any atom is -0.490 e. The molecule has 0 amide bonds. The van der Waals surface area contributed by atoms with E-state index in [0.29, 0.717) is 12.6 Å². The molecule has 1 aliphatic carbocycles. The summed E-state index contributed by atoms with van der Waals surface area (Å²) in [7, 11) is 0. The maximum absolute atomic E-state index is 6.16. The van der Waals surface area contributed by atoms with Crippen LogP contribution in [0.3, 0.4) is 0 Å². The number of aryl methyl sites for hydroxylation is 1. The molecular formula is C15H23NO. The highest BCUT2D eigenvalue weighted by atomic mass is 16.5. The average molecular weight is 233 g/mol. The highest BCUT2D eigenvalue weighted by molar-refractivity contribution is 5.37. The van der Waals surface area contributed by atoms with Crippen molar-refractivity contribution in [1.82, 2.24) is 0 Å². The van der Waals surface area contributed by atoms with Crippen molar-refractivity contribution in [2.24, 2.45) is 5.73 Å². The van der Waals surface area contributed by atoms with Crippen LogP contribution in [0.25, 0.3) is 0 Å². The van der Waals surface area contributed by atoms with Gasteiger partial charge in [0.25, 0.3) is 0 Å². The third-order valence-corrected chi connectivity index (χ3v) is 3.54. The van der Waals surface area contributed by atoms with E-state index >= 15 is 0 Å². The number of hydrogen-bond donors (Lipinski definition) is 1. The fourth-order valence-electron chi connectivity index (χ4n) is 2.48. The summed E-state index contributed by atoms with van der Waals surface area (Å²) in [4.78, 5) is 0. The number of ether oxygens (including phenoxy) is 1. The molecule has 0 spiro atoms. The summed E-state index contributed by atoms with van der Waals surface area (Å²) >= 11 is 0.